The molecule has 0 saturated carbocycles. The largest absolute Gasteiger partial charge is 0.338 e. The molecule has 2 aromatic rings. The third-order valence-electron chi connectivity index (χ3n) is 3.48. The summed E-state index contributed by atoms with van der Waals surface area (Å²) in [4.78, 5) is 11.9. The fourth-order valence-electron chi connectivity index (χ4n) is 2.29. The number of carbonyl (C=O) groups excluding carboxylic acids is 1. The first-order chi connectivity index (χ1) is 10.5. The first-order valence-electron chi connectivity index (χ1n) is 7.40. The number of amides is 2. The van der Waals surface area contributed by atoms with Crippen molar-refractivity contribution in [1.29, 1.82) is 0 Å². The zero-order valence-corrected chi connectivity index (χ0v) is 14.5. The highest BCUT2D eigenvalue weighted by atomic mass is 79.9. The van der Waals surface area contributed by atoms with Crippen LogP contribution in [-0.4, -0.2) is 12.6 Å². The molecular weight excluding hydrogens is 340 g/mol. The number of aryl methyl sites for hydroxylation is 1. The van der Waals surface area contributed by atoms with Gasteiger partial charge in [0, 0.05) is 11.0 Å². The molecule has 2 N–H and O–H groups in total. The van der Waals surface area contributed by atoms with E-state index in [1.165, 1.54) is 11.1 Å². The van der Waals surface area contributed by atoms with Crippen molar-refractivity contribution in [2.75, 3.05) is 6.54 Å². The molecule has 0 heterocycles. The normalized spacial score (nSPS) is 11.8. The first kappa shape index (κ1) is 16.6. The maximum Gasteiger partial charge on any atom is 0.315 e. The van der Waals surface area contributed by atoms with Gasteiger partial charge >= 0.3 is 6.03 Å². The monoisotopic (exact) mass is 360 g/mol. The van der Waals surface area contributed by atoms with Gasteiger partial charge in [-0.05, 0) is 43.5 Å². The minimum Gasteiger partial charge on any atom is -0.338 e. The van der Waals surface area contributed by atoms with Crippen LogP contribution in [0.25, 0.3) is 0 Å². The van der Waals surface area contributed by atoms with Gasteiger partial charge in [-0.1, -0.05) is 57.9 Å². The molecule has 0 fully saturated rings. The van der Waals surface area contributed by atoms with Crippen LogP contribution in [0.5, 0.6) is 0 Å². The first-order valence-corrected chi connectivity index (χ1v) is 8.19. The van der Waals surface area contributed by atoms with Gasteiger partial charge in [0.05, 0.1) is 6.04 Å². The van der Waals surface area contributed by atoms with Gasteiger partial charge in [-0.15, -0.1) is 0 Å². The van der Waals surface area contributed by atoms with Crippen LogP contribution < -0.4 is 10.6 Å². The maximum atomic E-state index is 11.9. The Labute approximate surface area is 140 Å². The number of nitrogens with one attached hydrogen (secondary N) is 2. The predicted octanol–water partition coefficient (Wildman–Crippen LogP) is 4.36. The molecule has 22 heavy (non-hydrogen) atoms. The highest BCUT2D eigenvalue weighted by Gasteiger charge is 2.09. The van der Waals surface area contributed by atoms with E-state index in [0.29, 0.717) is 6.54 Å². The van der Waals surface area contributed by atoms with Gasteiger partial charge in [-0.3, -0.25) is 0 Å². The Hall–Kier alpha value is -1.81. The van der Waals surface area contributed by atoms with Gasteiger partial charge in [0.1, 0.15) is 0 Å². The molecule has 0 spiro atoms. The van der Waals surface area contributed by atoms with E-state index in [2.05, 4.69) is 51.7 Å². The van der Waals surface area contributed by atoms with Crippen molar-refractivity contribution in [2.24, 2.45) is 0 Å². The second-order valence-electron chi connectivity index (χ2n) is 5.42. The summed E-state index contributed by atoms with van der Waals surface area (Å²) in [6.07, 6.45) is 0.834. The van der Waals surface area contributed by atoms with Crippen LogP contribution in [0.4, 0.5) is 4.79 Å². The van der Waals surface area contributed by atoms with Crippen molar-refractivity contribution < 1.29 is 4.79 Å². The Balaban J connectivity index is 1.78. The van der Waals surface area contributed by atoms with E-state index in [1.807, 2.05) is 37.3 Å². The Morgan fingerprint density at radius 2 is 1.95 bits per heavy atom. The quantitative estimate of drug-likeness (QED) is 0.816. The average Bonchev–Trinajstić information content (AvgIpc) is 2.47. The SMILES string of the molecule is Cc1cccc(CCNC(=O)NC(C)c2cccc(Br)c2)c1. The summed E-state index contributed by atoms with van der Waals surface area (Å²) in [5, 5.41) is 5.85. The molecule has 116 valence electrons. The Bertz CT molecular complexity index is 642. The zero-order valence-electron chi connectivity index (χ0n) is 12.9. The third-order valence-corrected chi connectivity index (χ3v) is 3.97. The topological polar surface area (TPSA) is 41.1 Å². The summed E-state index contributed by atoms with van der Waals surface area (Å²) in [5.74, 6) is 0. The van der Waals surface area contributed by atoms with E-state index in [0.717, 1.165) is 16.5 Å². The Morgan fingerprint density at radius 3 is 2.68 bits per heavy atom. The smallest absolute Gasteiger partial charge is 0.315 e. The molecule has 0 aliphatic heterocycles. The van der Waals surface area contributed by atoms with Crippen LogP contribution in [-0.2, 0) is 6.42 Å². The highest BCUT2D eigenvalue weighted by molar-refractivity contribution is 9.10. The Kier molecular flexibility index (Phi) is 6.01. The number of urea groups is 1. The number of hydrogen-bond acceptors (Lipinski definition) is 1. The minimum absolute atomic E-state index is 0.0310. The van der Waals surface area contributed by atoms with Crippen LogP contribution >= 0.6 is 15.9 Å². The lowest BCUT2D eigenvalue weighted by Crippen LogP contribution is -2.38. The molecule has 2 amide bonds. The highest BCUT2D eigenvalue weighted by Crippen LogP contribution is 2.17. The van der Waals surface area contributed by atoms with E-state index in [9.17, 15) is 4.79 Å². The van der Waals surface area contributed by atoms with Crippen molar-refractivity contribution in [3.63, 3.8) is 0 Å². The molecule has 1 unspecified atom stereocenters. The molecule has 0 aliphatic carbocycles. The summed E-state index contributed by atoms with van der Waals surface area (Å²) in [5.41, 5.74) is 3.55. The number of carbonyl (C=O) groups is 1. The van der Waals surface area contributed by atoms with Gasteiger partial charge in [0.15, 0.2) is 0 Å². The summed E-state index contributed by atoms with van der Waals surface area (Å²) < 4.78 is 1.01. The van der Waals surface area contributed by atoms with Crippen LogP contribution in [0.15, 0.2) is 53.0 Å². The van der Waals surface area contributed by atoms with Crippen LogP contribution in [0.2, 0.25) is 0 Å². The van der Waals surface area contributed by atoms with Crippen LogP contribution in [0, 0.1) is 6.92 Å². The van der Waals surface area contributed by atoms with Gasteiger partial charge in [0.25, 0.3) is 0 Å². The third kappa shape index (κ3) is 5.19. The van der Waals surface area contributed by atoms with Crippen molar-refractivity contribution in [3.05, 3.63) is 69.7 Å². The molecular formula is C18H21BrN2O. The van der Waals surface area contributed by atoms with Crippen LogP contribution in [0.3, 0.4) is 0 Å². The molecule has 0 radical (unpaired) electrons. The van der Waals surface area contributed by atoms with E-state index in [-0.39, 0.29) is 12.1 Å². The molecule has 0 bridgehead atoms. The van der Waals surface area contributed by atoms with E-state index in [4.69, 9.17) is 0 Å². The fraction of sp³-hybridized carbons (Fsp3) is 0.278. The van der Waals surface area contributed by atoms with E-state index in [1.54, 1.807) is 0 Å². The zero-order chi connectivity index (χ0) is 15.9. The molecule has 2 rings (SSSR count). The van der Waals surface area contributed by atoms with Gasteiger partial charge in [-0.25, -0.2) is 4.79 Å². The van der Waals surface area contributed by atoms with E-state index < -0.39 is 0 Å². The van der Waals surface area contributed by atoms with Crippen molar-refractivity contribution in [1.82, 2.24) is 10.6 Å². The van der Waals surface area contributed by atoms with E-state index >= 15 is 0 Å². The van der Waals surface area contributed by atoms with Gasteiger partial charge < -0.3 is 10.6 Å². The minimum atomic E-state index is -0.139. The molecule has 0 aliphatic rings. The summed E-state index contributed by atoms with van der Waals surface area (Å²) in [7, 11) is 0. The Morgan fingerprint density at radius 1 is 1.18 bits per heavy atom. The van der Waals surface area contributed by atoms with Crippen LogP contribution in [0.1, 0.15) is 29.7 Å². The molecule has 2 aromatic carbocycles. The number of halogens is 1. The van der Waals surface area contributed by atoms with Gasteiger partial charge in [-0.2, -0.15) is 0 Å². The molecule has 4 heteroatoms. The summed E-state index contributed by atoms with van der Waals surface area (Å²) >= 11 is 3.44. The fourth-order valence-corrected chi connectivity index (χ4v) is 2.71. The molecule has 1 atom stereocenters. The second-order valence-corrected chi connectivity index (χ2v) is 6.33. The lowest BCUT2D eigenvalue weighted by atomic mass is 10.1. The lowest BCUT2D eigenvalue weighted by molar-refractivity contribution is 0.238. The summed E-state index contributed by atoms with van der Waals surface area (Å²) in [6.45, 7) is 4.67. The molecule has 3 nitrogen and oxygen atoms in total. The number of rotatable bonds is 5. The standard InChI is InChI=1S/C18H21BrN2O/c1-13-5-3-6-15(11-13)9-10-20-18(22)21-14(2)16-7-4-8-17(19)12-16/h3-8,11-12,14H,9-10H2,1-2H3,(H2,20,21,22). The van der Waals surface area contributed by atoms with Gasteiger partial charge in [0.2, 0.25) is 0 Å². The average molecular weight is 361 g/mol. The number of benzene rings is 2. The predicted molar refractivity (Wildman–Crippen MR) is 94.0 cm³/mol. The van der Waals surface area contributed by atoms with Crippen molar-refractivity contribution in [2.45, 2.75) is 26.3 Å². The maximum absolute atomic E-state index is 11.9. The van der Waals surface area contributed by atoms with Crippen molar-refractivity contribution in [3.8, 4) is 0 Å². The van der Waals surface area contributed by atoms with Crippen molar-refractivity contribution >= 4 is 22.0 Å². The second kappa shape index (κ2) is 7.99. The number of hydrogen-bond donors (Lipinski definition) is 2. The molecule has 0 saturated heterocycles. The molecule has 0 aromatic heterocycles. The summed E-state index contributed by atoms with van der Waals surface area (Å²) in [6, 6.07) is 16.1. The lowest BCUT2D eigenvalue weighted by Gasteiger charge is -2.15.